The van der Waals surface area contributed by atoms with E-state index in [1.165, 1.54) is 5.56 Å². The van der Waals surface area contributed by atoms with Gasteiger partial charge in [-0.05, 0) is 24.8 Å². The second-order valence-electron chi connectivity index (χ2n) is 4.62. The lowest BCUT2D eigenvalue weighted by molar-refractivity contribution is -0.133. The molecule has 0 aliphatic carbocycles. The standard InChI is InChI=1S/C14H20N2O/c1-2-12(15)14(17)16-10-6-9-13(16)11-7-4-3-5-8-11/h3-5,7-8,12-13H,2,6,9-10,15H2,1H3. The summed E-state index contributed by atoms with van der Waals surface area (Å²) in [5.41, 5.74) is 7.07. The van der Waals surface area contributed by atoms with Crippen molar-refractivity contribution in [3.05, 3.63) is 35.9 Å². The van der Waals surface area contributed by atoms with E-state index in [2.05, 4.69) is 12.1 Å². The minimum Gasteiger partial charge on any atom is -0.334 e. The van der Waals surface area contributed by atoms with Crippen LogP contribution >= 0.6 is 0 Å². The molecule has 2 N–H and O–H groups in total. The first kappa shape index (κ1) is 12.1. The van der Waals surface area contributed by atoms with E-state index in [1.807, 2.05) is 30.0 Å². The van der Waals surface area contributed by atoms with E-state index >= 15 is 0 Å². The van der Waals surface area contributed by atoms with Gasteiger partial charge in [-0.2, -0.15) is 0 Å². The van der Waals surface area contributed by atoms with Gasteiger partial charge in [0.05, 0.1) is 12.1 Å². The Labute approximate surface area is 103 Å². The molecule has 0 spiro atoms. The molecule has 2 unspecified atom stereocenters. The second kappa shape index (κ2) is 5.32. The molecule has 17 heavy (non-hydrogen) atoms. The maximum Gasteiger partial charge on any atom is 0.239 e. The van der Waals surface area contributed by atoms with Crippen molar-refractivity contribution in [3.63, 3.8) is 0 Å². The number of rotatable bonds is 3. The Hall–Kier alpha value is -1.35. The van der Waals surface area contributed by atoms with E-state index in [-0.39, 0.29) is 18.0 Å². The molecule has 1 aromatic carbocycles. The van der Waals surface area contributed by atoms with E-state index in [4.69, 9.17) is 5.73 Å². The third-order valence-corrected chi connectivity index (χ3v) is 3.48. The highest BCUT2D eigenvalue weighted by atomic mass is 16.2. The molecule has 3 nitrogen and oxygen atoms in total. The molecule has 1 aliphatic rings. The van der Waals surface area contributed by atoms with Gasteiger partial charge in [-0.1, -0.05) is 37.3 Å². The van der Waals surface area contributed by atoms with Crippen molar-refractivity contribution in [2.45, 2.75) is 38.3 Å². The van der Waals surface area contributed by atoms with Gasteiger partial charge < -0.3 is 10.6 Å². The minimum atomic E-state index is -0.348. The van der Waals surface area contributed by atoms with Crippen LogP contribution in [0.4, 0.5) is 0 Å². The van der Waals surface area contributed by atoms with E-state index in [0.717, 1.165) is 19.4 Å². The second-order valence-corrected chi connectivity index (χ2v) is 4.62. The topological polar surface area (TPSA) is 46.3 Å². The Balaban J connectivity index is 2.15. The predicted octanol–water partition coefficient (Wildman–Crippen LogP) is 2.09. The van der Waals surface area contributed by atoms with Crippen LogP contribution in [0.15, 0.2) is 30.3 Å². The molecule has 3 heteroatoms. The molecule has 0 saturated carbocycles. The van der Waals surface area contributed by atoms with Gasteiger partial charge in [0.2, 0.25) is 5.91 Å². The average Bonchev–Trinajstić information content (AvgIpc) is 2.87. The van der Waals surface area contributed by atoms with Crippen LogP contribution in [-0.2, 0) is 4.79 Å². The largest absolute Gasteiger partial charge is 0.334 e. The number of carbonyl (C=O) groups excluding carboxylic acids is 1. The Kier molecular flexibility index (Phi) is 3.79. The third kappa shape index (κ3) is 2.50. The maximum atomic E-state index is 12.2. The van der Waals surface area contributed by atoms with Crippen molar-refractivity contribution >= 4 is 5.91 Å². The molecule has 0 bridgehead atoms. The fourth-order valence-electron chi connectivity index (χ4n) is 2.44. The highest BCUT2D eigenvalue weighted by Gasteiger charge is 2.31. The number of nitrogens with two attached hydrogens (primary N) is 1. The average molecular weight is 232 g/mol. The monoisotopic (exact) mass is 232 g/mol. The first-order valence-electron chi connectivity index (χ1n) is 6.35. The fraction of sp³-hybridized carbons (Fsp3) is 0.500. The van der Waals surface area contributed by atoms with E-state index in [0.29, 0.717) is 6.42 Å². The van der Waals surface area contributed by atoms with Crippen LogP contribution in [0.1, 0.15) is 37.8 Å². The SMILES string of the molecule is CCC(N)C(=O)N1CCCC1c1ccccc1. The number of nitrogens with zero attached hydrogens (tertiary/aromatic N) is 1. The summed E-state index contributed by atoms with van der Waals surface area (Å²) in [5, 5.41) is 0. The van der Waals surface area contributed by atoms with Crippen LogP contribution in [0.2, 0.25) is 0 Å². The number of likely N-dealkylation sites (tertiary alicyclic amines) is 1. The molecular formula is C14H20N2O. The Bertz CT molecular complexity index is 377. The van der Waals surface area contributed by atoms with Crippen LogP contribution < -0.4 is 5.73 Å². The first-order chi connectivity index (χ1) is 8.24. The summed E-state index contributed by atoms with van der Waals surface area (Å²) in [6.07, 6.45) is 2.82. The Morgan fingerprint density at radius 2 is 2.18 bits per heavy atom. The maximum absolute atomic E-state index is 12.2. The lowest BCUT2D eigenvalue weighted by Gasteiger charge is -2.27. The number of benzene rings is 1. The Morgan fingerprint density at radius 3 is 2.82 bits per heavy atom. The number of hydrogen-bond donors (Lipinski definition) is 1. The molecule has 1 aromatic rings. The predicted molar refractivity (Wildman–Crippen MR) is 68.4 cm³/mol. The zero-order chi connectivity index (χ0) is 12.3. The van der Waals surface area contributed by atoms with Crippen LogP contribution in [0, 0.1) is 0 Å². The Morgan fingerprint density at radius 1 is 1.47 bits per heavy atom. The molecule has 2 atom stereocenters. The minimum absolute atomic E-state index is 0.0962. The summed E-state index contributed by atoms with van der Waals surface area (Å²) >= 11 is 0. The molecular weight excluding hydrogens is 212 g/mol. The third-order valence-electron chi connectivity index (χ3n) is 3.48. The van der Waals surface area contributed by atoms with Gasteiger partial charge in [-0.15, -0.1) is 0 Å². The summed E-state index contributed by atoms with van der Waals surface area (Å²) in [7, 11) is 0. The molecule has 1 fully saturated rings. The van der Waals surface area contributed by atoms with E-state index in [9.17, 15) is 4.79 Å². The molecule has 1 amide bonds. The van der Waals surface area contributed by atoms with Gasteiger partial charge >= 0.3 is 0 Å². The van der Waals surface area contributed by atoms with E-state index < -0.39 is 0 Å². The number of amides is 1. The van der Waals surface area contributed by atoms with Crippen molar-refractivity contribution in [3.8, 4) is 0 Å². The normalized spacial score (nSPS) is 21.5. The number of carbonyl (C=O) groups is 1. The van der Waals surface area contributed by atoms with Gasteiger partial charge in [-0.3, -0.25) is 4.79 Å². The van der Waals surface area contributed by atoms with Crippen molar-refractivity contribution in [1.29, 1.82) is 0 Å². The molecule has 1 aliphatic heterocycles. The molecule has 1 heterocycles. The quantitative estimate of drug-likeness (QED) is 0.867. The van der Waals surface area contributed by atoms with Crippen molar-refractivity contribution < 1.29 is 4.79 Å². The van der Waals surface area contributed by atoms with Gasteiger partial charge in [0.1, 0.15) is 0 Å². The van der Waals surface area contributed by atoms with Crippen molar-refractivity contribution in [2.24, 2.45) is 5.73 Å². The lowest BCUT2D eigenvalue weighted by Crippen LogP contribution is -2.42. The number of hydrogen-bond acceptors (Lipinski definition) is 2. The smallest absolute Gasteiger partial charge is 0.239 e. The zero-order valence-corrected chi connectivity index (χ0v) is 10.3. The van der Waals surface area contributed by atoms with Crippen molar-refractivity contribution in [2.75, 3.05) is 6.54 Å². The first-order valence-corrected chi connectivity index (χ1v) is 6.35. The van der Waals surface area contributed by atoms with Crippen LogP contribution in [0.5, 0.6) is 0 Å². The highest BCUT2D eigenvalue weighted by Crippen LogP contribution is 2.32. The molecule has 1 saturated heterocycles. The molecule has 0 radical (unpaired) electrons. The van der Waals surface area contributed by atoms with Crippen LogP contribution in [0.25, 0.3) is 0 Å². The molecule has 92 valence electrons. The summed E-state index contributed by atoms with van der Waals surface area (Å²) in [4.78, 5) is 14.1. The van der Waals surface area contributed by atoms with Gasteiger partial charge in [0, 0.05) is 6.54 Å². The summed E-state index contributed by atoms with van der Waals surface area (Å²) in [6.45, 7) is 2.79. The lowest BCUT2D eigenvalue weighted by atomic mass is 10.0. The molecule has 0 aromatic heterocycles. The van der Waals surface area contributed by atoms with E-state index in [1.54, 1.807) is 0 Å². The highest BCUT2D eigenvalue weighted by molar-refractivity contribution is 5.82. The van der Waals surface area contributed by atoms with Gasteiger partial charge in [0.15, 0.2) is 0 Å². The summed E-state index contributed by atoms with van der Waals surface area (Å²) < 4.78 is 0. The summed E-state index contributed by atoms with van der Waals surface area (Å²) in [5.74, 6) is 0.0962. The van der Waals surface area contributed by atoms with Crippen LogP contribution in [0.3, 0.4) is 0 Å². The van der Waals surface area contributed by atoms with Gasteiger partial charge in [-0.25, -0.2) is 0 Å². The van der Waals surface area contributed by atoms with Crippen molar-refractivity contribution in [1.82, 2.24) is 4.90 Å². The van der Waals surface area contributed by atoms with Crippen LogP contribution in [-0.4, -0.2) is 23.4 Å². The zero-order valence-electron chi connectivity index (χ0n) is 10.3. The molecule has 2 rings (SSSR count). The fourth-order valence-corrected chi connectivity index (χ4v) is 2.44. The summed E-state index contributed by atoms with van der Waals surface area (Å²) in [6, 6.07) is 10.1. The van der Waals surface area contributed by atoms with Gasteiger partial charge in [0.25, 0.3) is 0 Å².